The van der Waals surface area contributed by atoms with E-state index in [4.69, 9.17) is 25.3 Å². The molecule has 1 N–H and O–H groups in total. The number of hydrogen-bond donors (Lipinski definition) is 1. The molecule has 0 amide bonds. The van der Waals surface area contributed by atoms with Crippen LogP contribution in [-0.2, 0) is 4.57 Å². The molecule has 9 heteroatoms. The third kappa shape index (κ3) is 1.01. The van der Waals surface area contributed by atoms with Gasteiger partial charge >= 0.3 is 7.82 Å². The summed E-state index contributed by atoms with van der Waals surface area (Å²) < 4.78 is 28.8. The van der Waals surface area contributed by atoms with Crippen molar-refractivity contribution in [2.75, 3.05) is 0 Å². The fraction of sp³-hybridized carbons (Fsp3) is 0. The Morgan fingerprint density at radius 2 is 2.24 bits per heavy atom. The number of aromatic hydroxyl groups is 1. The van der Waals surface area contributed by atoms with E-state index in [1.165, 1.54) is 0 Å². The van der Waals surface area contributed by atoms with Gasteiger partial charge in [-0.25, -0.2) is 0 Å². The summed E-state index contributed by atoms with van der Waals surface area (Å²) in [5.41, 5.74) is 0.441. The highest BCUT2D eigenvalue weighted by molar-refractivity contribution is 9.10. The summed E-state index contributed by atoms with van der Waals surface area (Å²) in [4.78, 5) is 0. The van der Waals surface area contributed by atoms with Crippen LogP contribution in [0.3, 0.4) is 0 Å². The minimum absolute atomic E-state index is 0.0611. The minimum atomic E-state index is -3.77. The fourth-order valence-corrected chi connectivity index (χ4v) is 3.92. The number of fused-ring (bicyclic) bond motifs is 2. The second-order valence-corrected chi connectivity index (χ2v) is 6.15. The van der Waals surface area contributed by atoms with Gasteiger partial charge in [0.05, 0.1) is 14.9 Å². The van der Waals surface area contributed by atoms with E-state index in [1.807, 2.05) is 0 Å². The van der Waals surface area contributed by atoms with E-state index in [9.17, 15) is 9.67 Å². The molecule has 4 rings (SSSR count). The van der Waals surface area contributed by atoms with E-state index < -0.39 is 7.82 Å². The monoisotopic (exact) mass is 337 g/mol. The number of hydrogen-bond acceptors (Lipinski definition) is 5. The Morgan fingerprint density at radius 3 is 3.00 bits per heavy atom. The molecule has 2 aliphatic heterocycles. The van der Waals surface area contributed by atoms with Crippen LogP contribution in [0, 0.1) is 0 Å². The minimum Gasteiger partial charge on any atom is -0.503 e. The van der Waals surface area contributed by atoms with E-state index >= 15 is 0 Å². The van der Waals surface area contributed by atoms with Gasteiger partial charge in [-0.2, -0.15) is 4.57 Å². The van der Waals surface area contributed by atoms with Gasteiger partial charge in [-0.1, -0.05) is 11.6 Å². The van der Waals surface area contributed by atoms with Crippen LogP contribution in [0.1, 0.15) is 0 Å². The third-order valence-corrected chi connectivity index (χ3v) is 5.16. The van der Waals surface area contributed by atoms with Crippen molar-refractivity contribution in [3.8, 4) is 17.4 Å². The van der Waals surface area contributed by atoms with Gasteiger partial charge in [-0.15, -0.1) is 4.73 Å². The first-order valence-corrected chi connectivity index (χ1v) is 7.08. The van der Waals surface area contributed by atoms with Crippen molar-refractivity contribution in [2.24, 2.45) is 0 Å². The molecular weight excluding hydrogens is 336 g/mol. The lowest BCUT2D eigenvalue weighted by atomic mass is 10.2. The number of aromatic nitrogens is 1. The second kappa shape index (κ2) is 2.68. The van der Waals surface area contributed by atoms with E-state index in [0.29, 0.717) is 15.4 Å². The smallest absolute Gasteiger partial charge is 0.503 e. The van der Waals surface area contributed by atoms with Crippen molar-refractivity contribution in [1.82, 2.24) is 4.73 Å². The Labute approximate surface area is 107 Å². The van der Waals surface area contributed by atoms with Crippen LogP contribution in [0.15, 0.2) is 10.5 Å². The Morgan fingerprint density at radius 1 is 1.47 bits per heavy atom. The molecule has 2 aliphatic rings. The molecule has 3 heterocycles. The molecule has 1 aromatic carbocycles. The number of benzene rings is 1. The lowest BCUT2D eigenvalue weighted by molar-refractivity contribution is 0.260. The quantitative estimate of drug-likeness (QED) is 0.748. The summed E-state index contributed by atoms with van der Waals surface area (Å²) in [5, 5.41) is 10.6. The largest absolute Gasteiger partial charge is 0.668 e. The van der Waals surface area contributed by atoms with Gasteiger partial charge in [0.25, 0.3) is 5.88 Å². The maximum atomic E-state index is 12.0. The number of halogens is 2. The van der Waals surface area contributed by atoms with E-state index in [0.717, 1.165) is 4.73 Å². The van der Waals surface area contributed by atoms with Gasteiger partial charge in [0.2, 0.25) is 0 Å². The lowest BCUT2D eigenvalue weighted by Crippen LogP contribution is -2.03. The number of nitrogens with zero attached hydrogens (tertiary/aromatic N) is 1. The average molecular weight is 338 g/mol. The molecule has 4 bridgehead atoms. The third-order valence-electron chi connectivity index (χ3n) is 2.59. The Kier molecular flexibility index (Phi) is 1.57. The fourth-order valence-electron chi connectivity index (χ4n) is 1.89. The molecule has 0 radical (unpaired) electrons. The summed E-state index contributed by atoms with van der Waals surface area (Å²) in [5.74, 6) is -0.0391. The topological polar surface area (TPSA) is 69.9 Å². The molecule has 0 fully saturated rings. The van der Waals surface area contributed by atoms with Gasteiger partial charge in [0.15, 0.2) is 11.5 Å². The molecule has 88 valence electrons. The van der Waals surface area contributed by atoms with Crippen molar-refractivity contribution in [3.05, 3.63) is 15.6 Å². The Balaban J connectivity index is 2.32. The van der Waals surface area contributed by atoms with Gasteiger partial charge in [-0.05, 0) is 15.9 Å². The predicted octanol–water partition coefficient (Wildman–Crippen LogP) is 3.08. The second-order valence-electron chi connectivity index (χ2n) is 3.56. The molecule has 1 aromatic heterocycles. The Hall–Kier alpha value is -1.04. The van der Waals surface area contributed by atoms with Crippen LogP contribution in [0.25, 0.3) is 10.9 Å². The van der Waals surface area contributed by atoms with Crippen LogP contribution in [0.5, 0.6) is 17.4 Å². The summed E-state index contributed by atoms with van der Waals surface area (Å²) >= 11 is 9.30. The molecule has 17 heavy (non-hydrogen) atoms. The molecule has 0 saturated heterocycles. The number of phosphoric ester groups is 1. The first-order valence-electron chi connectivity index (χ1n) is 4.45. The van der Waals surface area contributed by atoms with Crippen LogP contribution < -0.4 is 13.7 Å². The summed E-state index contributed by atoms with van der Waals surface area (Å²) in [6.45, 7) is 0. The molecule has 0 aliphatic carbocycles. The first-order chi connectivity index (χ1) is 8.00. The van der Waals surface area contributed by atoms with Gasteiger partial charge in [0, 0.05) is 6.07 Å². The molecule has 2 aromatic rings. The van der Waals surface area contributed by atoms with Crippen molar-refractivity contribution >= 4 is 46.3 Å². The van der Waals surface area contributed by atoms with E-state index in [1.54, 1.807) is 6.07 Å². The van der Waals surface area contributed by atoms with Crippen LogP contribution in [0.4, 0.5) is 0 Å². The molecule has 1 unspecified atom stereocenters. The lowest BCUT2D eigenvalue weighted by Gasteiger charge is -2.08. The van der Waals surface area contributed by atoms with Gasteiger partial charge in [0.1, 0.15) is 5.52 Å². The zero-order valence-electron chi connectivity index (χ0n) is 7.81. The van der Waals surface area contributed by atoms with Crippen molar-refractivity contribution in [3.63, 3.8) is 0 Å². The zero-order chi connectivity index (χ0) is 11.9. The standard InChI is InChI=1S/C8H2BrClNO5P/c9-5-3-1-2-4(6(5)10)7(12)8-11(2)16-17(13,14-3)15-8/h1,12H. The van der Waals surface area contributed by atoms with Crippen LogP contribution in [-0.4, -0.2) is 9.84 Å². The normalized spacial score (nSPS) is 23.6. The molecule has 6 nitrogen and oxygen atoms in total. The Bertz CT molecular complexity index is 756. The summed E-state index contributed by atoms with van der Waals surface area (Å²) in [7, 11) is -3.77. The highest BCUT2D eigenvalue weighted by Crippen LogP contribution is 2.62. The van der Waals surface area contributed by atoms with Crippen LogP contribution >= 0.6 is 35.4 Å². The van der Waals surface area contributed by atoms with Gasteiger partial charge < -0.3 is 14.2 Å². The molecule has 0 spiro atoms. The summed E-state index contributed by atoms with van der Waals surface area (Å²) in [6, 6.07) is 1.57. The molecule has 0 saturated carbocycles. The maximum absolute atomic E-state index is 12.0. The summed E-state index contributed by atoms with van der Waals surface area (Å²) in [6.07, 6.45) is 0. The van der Waals surface area contributed by atoms with Crippen molar-refractivity contribution in [1.29, 1.82) is 0 Å². The number of phosphoric acid groups is 1. The zero-order valence-corrected chi connectivity index (χ0v) is 11.0. The molecule has 1 atom stereocenters. The SMILES string of the molecule is O=P12Oc3cc4c(c(O)c(n4O1)O2)c(Cl)c3Br. The van der Waals surface area contributed by atoms with Crippen molar-refractivity contribution < 1.29 is 23.3 Å². The highest BCUT2D eigenvalue weighted by Gasteiger charge is 2.48. The average Bonchev–Trinajstić information content (AvgIpc) is 2.67. The molecular formula is C8H2BrClNO5P. The maximum Gasteiger partial charge on any atom is 0.668 e. The van der Waals surface area contributed by atoms with Gasteiger partial charge in [-0.3, -0.25) is 4.62 Å². The van der Waals surface area contributed by atoms with E-state index in [-0.39, 0.29) is 22.4 Å². The van der Waals surface area contributed by atoms with Crippen molar-refractivity contribution in [2.45, 2.75) is 0 Å². The first kappa shape index (κ1) is 9.94. The predicted molar refractivity (Wildman–Crippen MR) is 61.8 cm³/mol. The van der Waals surface area contributed by atoms with Crippen LogP contribution in [0.2, 0.25) is 5.02 Å². The number of rotatable bonds is 0. The highest BCUT2D eigenvalue weighted by atomic mass is 79.9. The van der Waals surface area contributed by atoms with E-state index in [2.05, 4.69) is 15.9 Å².